The molecule has 126 valence electrons. The predicted octanol–water partition coefficient (Wildman–Crippen LogP) is 3.53. The molecule has 0 aliphatic carbocycles. The van der Waals surface area contributed by atoms with Crippen LogP contribution in [0.1, 0.15) is 23.0 Å². The van der Waals surface area contributed by atoms with Gasteiger partial charge in [0.1, 0.15) is 28.8 Å². The van der Waals surface area contributed by atoms with Gasteiger partial charge in [-0.3, -0.25) is 0 Å². The van der Waals surface area contributed by atoms with Gasteiger partial charge in [-0.15, -0.1) is 0 Å². The van der Waals surface area contributed by atoms with Crippen LogP contribution in [0.5, 0.6) is 11.5 Å². The molecular formula is C18H21N3O3. The summed E-state index contributed by atoms with van der Waals surface area (Å²) in [4.78, 5) is 9.08. The highest BCUT2D eigenvalue weighted by atomic mass is 16.5. The smallest absolute Gasteiger partial charge is 0.230 e. The number of nitrogens with zero attached hydrogens (tertiary/aromatic N) is 3. The molecule has 0 radical (unpaired) electrons. The van der Waals surface area contributed by atoms with E-state index < -0.39 is 0 Å². The fraction of sp³-hybridized carbons (Fsp3) is 0.333. The normalized spacial score (nSPS) is 10.9. The van der Waals surface area contributed by atoms with Crippen LogP contribution >= 0.6 is 0 Å². The molecule has 0 fully saturated rings. The first kappa shape index (κ1) is 16.1. The summed E-state index contributed by atoms with van der Waals surface area (Å²) in [6, 6.07) is 5.55. The van der Waals surface area contributed by atoms with E-state index in [0.717, 1.165) is 34.3 Å². The molecule has 0 spiro atoms. The molecule has 2 aromatic heterocycles. The lowest BCUT2D eigenvalue weighted by Crippen LogP contribution is -2.02. The first-order chi connectivity index (χ1) is 11.5. The number of hydrogen-bond donors (Lipinski definition) is 0. The van der Waals surface area contributed by atoms with E-state index >= 15 is 0 Å². The van der Waals surface area contributed by atoms with Crippen molar-refractivity contribution < 1.29 is 13.9 Å². The number of oxazole rings is 1. The number of imidazole rings is 1. The van der Waals surface area contributed by atoms with E-state index in [1.165, 1.54) is 0 Å². The monoisotopic (exact) mass is 327 g/mol. The Morgan fingerprint density at radius 1 is 1.08 bits per heavy atom. The van der Waals surface area contributed by atoms with E-state index in [9.17, 15) is 0 Å². The van der Waals surface area contributed by atoms with Gasteiger partial charge in [0.15, 0.2) is 0 Å². The van der Waals surface area contributed by atoms with Crippen LogP contribution in [0.2, 0.25) is 0 Å². The van der Waals surface area contributed by atoms with Gasteiger partial charge in [0.25, 0.3) is 0 Å². The topological polar surface area (TPSA) is 62.3 Å². The summed E-state index contributed by atoms with van der Waals surface area (Å²) in [7, 11) is 3.25. The van der Waals surface area contributed by atoms with Crippen molar-refractivity contribution in [2.24, 2.45) is 0 Å². The zero-order chi connectivity index (χ0) is 17.3. The molecule has 0 atom stereocenters. The molecule has 0 saturated carbocycles. The molecule has 3 aromatic rings. The fourth-order valence-corrected chi connectivity index (χ4v) is 2.66. The maximum Gasteiger partial charge on any atom is 0.230 e. The standard InChI is InChI=1S/C18H21N3O3/c1-11-9-21(13(3)19-11)10-16-12(2)24-18(20-16)15-8-14(22-4)6-7-17(15)23-5/h6-9H,10H2,1-5H3. The Labute approximate surface area is 141 Å². The summed E-state index contributed by atoms with van der Waals surface area (Å²) in [5.41, 5.74) is 2.63. The van der Waals surface area contributed by atoms with Crippen LogP contribution in [0.15, 0.2) is 28.8 Å². The van der Waals surface area contributed by atoms with Gasteiger partial charge in [0.2, 0.25) is 5.89 Å². The van der Waals surface area contributed by atoms with Crippen molar-refractivity contribution in [2.75, 3.05) is 14.2 Å². The summed E-state index contributed by atoms with van der Waals surface area (Å²) in [5.74, 6) is 3.67. The Hall–Kier alpha value is -2.76. The van der Waals surface area contributed by atoms with Crippen molar-refractivity contribution in [3.63, 3.8) is 0 Å². The predicted molar refractivity (Wildman–Crippen MR) is 90.6 cm³/mol. The average Bonchev–Trinajstić information content (AvgIpc) is 3.09. The van der Waals surface area contributed by atoms with E-state index in [1.54, 1.807) is 14.2 Å². The Kier molecular flexibility index (Phi) is 4.29. The number of ether oxygens (including phenoxy) is 2. The van der Waals surface area contributed by atoms with Crippen LogP contribution in [-0.2, 0) is 6.54 Å². The highest BCUT2D eigenvalue weighted by Gasteiger charge is 2.17. The zero-order valence-electron chi connectivity index (χ0n) is 14.6. The Morgan fingerprint density at radius 2 is 1.88 bits per heavy atom. The van der Waals surface area contributed by atoms with Crippen LogP contribution in [0.25, 0.3) is 11.5 Å². The fourth-order valence-electron chi connectivity index (χ4n) is 2.66. The van der Waals surface area contributed by atoms with Gasteiger partial charge < -0.3 is 18.5 Å². The Bertz CT molecular complexity index is 865. The van der Waals surface area contributed by atoms with Crippen LogP contribution in [-0.4, -0.2) is 28.8 Å². The molecule has 6 heteroatoms. The van der Waals surface area contributed by atoms with Crippen LogP contribution in [0.3, 0.4) is 0 Å². The summed E-state index contributed by atoms with van der Waals surface area (Å²) >= 11 is 0. The Morgan fingerprint density at radius 3 is 2.50 bits per heavy atom. The molecule has 3 rings (SSSR count). The van der Waals surface area contributed by atoms with E-state index in [2.05, 4.69) is 14.5 Å². The van der Waals surface area contributed by atoms with Crippen molar-refractivity contribution in [1.82, 2.24) is 14.5 Å². The van der Waals surface area contributed by atoms with Gasteiger partial charge >= 0.3 is 0 Å². The van der Waals surface area contributed by atoms with Crippen molar-refractivity contribution in [1.29, 1.82) is 0 Å². The lowest BCUT2D eigenvalue weighted by atomic mass is 10.2. The lowest BCUT2D eigenvalue weighted by molar-refractivity contribution is 0.402. The third-order valence-electron chi connectivity index (χ3n) is 3.95. The number of hydrogen-bond acceptors (Lipinski definition) is 5. The average molecular weight is 327 g/mol. The molecule has 0 bridgehead atoms. The molecule has 6 nitrogen and oxygen atoms in total. The molecule has 0 amide bonds. The highest BCUT2D eigenvalue weighted by Crippen LogP contribution is 2.34. The van der Waals surface area contributed by atoms with Crippen LogP contribution < -0.4 is 9.47 Å². The van der Waals surface area contributed by atoms with Crippen LogP contribution in [0.4, 0.5) is 0 Å². The maximum atomic E-state index is 5.88. The number of aryl methyl sites for hydroxylation is 3. The second-order valence-electron chi connectivity index (χ2n) is 5.65. The molecule has 0 aliphatic rings. The largest absolute Gasteiger partial charge is 0.497 e. The van der Waals surface area contributed by atoms with Crippen molar-refractivity contribution in [3.8, 4) is 23.0 Å². The van der Waals surface area contributed by atoms with Gasteiger partial charge in [-0.25, -0.2) is 9.97 Å². The number of rotatable bonds is 5. The lowest BCUT2D eigenvalue weighted by Gasteiger charge is -2.07. The first-order valence-corrected chi connectivity index (χ1v) is 7.71. The van der Waals surface area contributed by atoms with E-state index in [4.69, 9.17) is 13.9 Å². The minimum Gasteiger partial charge on any atom is -0.497 e. The zero-order valence-corrected chi connectivity index (χ0v) is 14.6. The van der Waals surface area contributed by atoms with Gasteiger partial charge in [-0.2, -0.15) is 0 Å². The third-order valence-corrected chi connectivity index (χ3v) is 3.95. The summed E-state index contributed by atoms with van der Waals surface area (Å²) in [6.07, 6.45) is 2.01. The molecule has 24 heavy (non-hydrogen) atoms. The summed E-state index contributed by atoms with van der Waals surface area (Å²) < 4.78 is 18.7. The summed E-state index contributed by atoms with van der Waals surface area (Å²) in [5, 5.41) is 0. The van der Waals surface area contributed by atoms with Gasteiger partial charge in [0.05, 0.1) is 32.0 Å². The van der Waals surface area contributed by atoms with Gasteiger partial charge in [-0.1, -0.05) is 0 Å². The van der Waals surface area contributed by atoms with Crippen molar-refractivity contribution in [2.45, 2.75) is 27.3 Å². The Balaban J connectivity index is 1.98. The minimum absolute atomic E-state index is 0.521. The van der Waals surface area contributed by atoms with Gasteiger partial charge in [0, 0.05) is 6.20 Å². The second kappa shape index (κ2) is 6.39. The highest BCUT2D eigenvalue weighted by molar-refractivity contribution is 5.65. The molecule has 0 aliphatic heterocycles. The van der Waals surface area contributed by atoms with Crippen molar-refractivity contribution >= 4 is 0 Å². The van der Waals surface area contributed by atoms with E-state index in [1.807, 2.05) is 45.2 Å². The van der Waals surface area contributed by atoms with E-state index in [-0.39, 0.29) is 0 Å². The molecule has 0 unspecified atom stereocenters. The van der Waals surface area contributed by atoms with Crippen molar-refractivity contribution in [3.05, 3.63) is 47.4 Å². The number of aromatic nitrogens is 3. The molecule has 1 aromatic carbocycles. The molecular weight excluding hydrogens is 306 g/mol. The molecule has 2 heterocycles. The first-order valence-electron chi connectivity index (χ1n) is 7.71. The second-order valence-corrected chi connectivity index (χ2v) is 5.65. The SMILES string of the molecule is COc1ccc(OC)c(-c2nc(Cn3cc(C)nc3C)c(C)o2)c1. The van der Waals surface area contributed by atoms with Gasteiger partial charge in [-0.05, 0) is 39.0 Å². The maximum absolute atomic E-state index is 5.88. The molecule has 0 saturated heterocycles. The number of benzene rings is 1. The third kappa shape index (κ3) is 2.99. The summed E-state index contributed by atoms with van der Waals surface area (Å²) in [6.45, 7) is 6.49. The number of methoxy groups -OCH3 is 2. The minimum atomic E-state index is 0.521. The molecule has 0 N–H and O–H groups in total. The quantitative estimate of drug-likeness (QED) is 0.717. The van der Waals surface area contributed by atoms with E-state index in [0.29, 0.717) is 18.2 Å². The van der Waals surface area contributed by atoms with Crippen LogP contribution in [0, 0.1) is 20.8 Å².